The third-order valence-corrected chi connectivity index (χ3v) is 11.2. The Kier molecular flexibility index (Phi) is 9.71. The minimum absolute atomic E-state index is 0.156. The van der Waals surface area contributed by atoms with E-state index in [0.717, 1.165) is 0 Å². The summed E-state index contributed by atoms with van der Waals surface area (Å²) in [4.78, 5) is 25.4. The smallest absolute Gasteiger partial charge is 0.407 e. The number of carbonyl (C=O) groups excluding carboxylic acids is 2. The van der Waals surface area contributed by atoms with Crippen LogP contribution in [0.1, 0.15) is 75.2 Å². The Labute approximate surface area is 219 Å². The van der Waals surface area contributed by atoms with Crippen molar-refractivity contribution in [3.63, 3.8) is 0 Å². The van der Waals surface area contributed by atoms with Crippen molar-refractivity contribution >= 4 is 30.6 Å². The monoisotopic (exact) mass is 511 g/mol. The summed E-state index contributed by atoms with van der Waals surface area (Å²) in [5.74, 6) is 0.156. The molecule has 36 heavy (non-hydrogen) atoms. The number of hydrogen-bond acceptors (Lipinski definition) is 4. The van der Waals surface area contributed by atoms with Crippen molar-refractivity contribution in [2.75, 3.05) is 6.61 Å². The van der Waals surface area contributed by atoms with E-state index in [1.165, 1.54) is 10.4 Å². The van der Waals surface area contributed by atoms with Gasteiger partial charge in [0.2, 0.25) is 0 Å². The molecule has 0 aliphatic heterocycles. The normalized spacial score (nSPS) is 13.7. The number of rotatable bonds is 9. The Balaban J connectivity index is 2.43. The average Bonchev–Trinajstić information content (AvgIpc) is 2.76. The summed E-state index contributed by atoms with van der Waals surface area (Å²) >= 11 is 0. The lowest BCUT2D eigenvalue weighted by atomic mass is 9.87. The lowest BCUT2D eigenvalue weighted by molar-refractivity contribution is -0.126. The standard InChI is InChI=1S/C30H45NO4Si/c1-28(2,3)26(32)21-20-23(31-27(33)35-29(4,5)6)22-34-36(30(7,8)9,24-16-12-10-13-17-24)25-18-14-11-15-19-25/h10-19,23H,20-22H2,1-9H3,(H,31,33)/t23-/m0/s1. The second-order valence-corrected chi connectivity index (χ2v) is 16.8. The Morgan fingerprint density at radius 2 is 1.28 bits per heavy atom. The van der Waals surface area contributed by atoms with Gasteiger partial charge in [-0.2, -0.15) is 0 Å². The number of Topliss-reactive ketones (excluding diaryl/α,β-unsaturated/α-hetero) is 1. The van der Waals surface area contributed by atoms with Crippen LogP contribution >= 0.6 is 0 Å². The molecule has 1 atom stereocenters. The lowest BCUT2D eigenvalue weighted by Gasteiger charge is -2.43. The molecule has 0 aromatic heterocycles. The summed E-state index contributed by atoms with van der Waals surface area (Å²) in [5, 5.41) is 5.15. The zero-order valence-electron chi connectivity index (χ0n) is 23.6. The summed E-state index contributed by atoms with van der Waals surface area (Å²) in [6.45, 7) is 18.2. The van der Waals surface area contributed by atoms with Gasteiger partial charge in [-0.05, 0) is 42.6 Å². The predicted molar refractivity (Wildman–Crippen MR) is 150 cm³/mol. The van der Waals surface area contributed by atoms with Crippen molar-refractivity contribution in [3.05, 3.63) is 60.7 Å². The number of hydrogen-bond donors (Lipinski definition) is 1. The summed E-state index contributed by atoms with van der Waals surface area (Å²) in [6.07, 6.45) is 0.337. The molecule has 0 saturated carbocycles. The first-order valence-electron chi connectivity index (χ1n) is 12.8. The van der Waals surface area contributed by atoms with E-state index in [1.807, 2.05) is 77.9 Å². The van der Waals surface area contributed by atoms with Crippen LogP contribution in [-0.4, -0.2) is 38.4 Å². The van der Waals surface area contributed by atoms with E-state index in [9.17, 15) is 9.59 Å². The molecule has 1 N–H and O–H groups in total. The Hall–Kier alpha value is -2.44. The number of alkyl carbamates (subject to hydrolysis) is 1. The Morgan fingerprint density at radius 3 is 1.67 bits per heavy atom. The molecule has 1 amide bonds. The van der Waals surface area contributed by atoms with Gasteiger partial charge < -0.3 is 14.5 Å². The van der Waals surface area contributed by atoms with Crippen LogP contribution in [0.15, 0.2) is 60.7 Å². The fraction of sp³-hybridized carbons (Fsp3) is 0.533. The minimum atomic E-state index is -2.78. The zero-order valence-corrected chi connectivity index (χ0v) is 24.6. The predicted octanol–water partition coefficient (Wildman–Crippen LogP) is 5.85. The van der Waals surface area contributed by atoms with E-state index in [0.29, 0.717) is 12.8 Å². The van der Waals surface area contributed by atoms with Crippen molar-refractivity contribution < 1.29 is 18.8 Å². The maximum atomic E-state index is 12.7. The molecule has 0 unspecified atom stereocenters. The van der Waals surface area contributed by atoms with E-state index >= 15 is 0 Å². The summed E-state index contributed by atoms with van der Waals surface area (Å²) in [7, 11) is -2.78. The lowest BCUT2D eigenvalue weighted by Crippen LogP contribution is -2.67. The van der Waals surface area contributed by atoms with Gasteiger partial charge in [0.05, 0.1) is 12.6 Å². The molecule has 6 heteroatoms. The van der Waals surface area contributed by atoms with Crippen molar-refractivity contribution in [1.29, 1.82) is 0 Å². The van der Waals surface area contributed by atoms with E-state index in [2.05, 4.69) is 50.4 Å². The highest BCUT2D eigenvalue weighted by molar-refractivity contribution is 6.99. The summed E-state index contributed by atoms with van der Waals surface area (Å²) in [5.41, 5.74) is -1.05. The number of nitrogens with one attached hydrogen (secondary N) is 1. The summed E-state index contributed by atoms with van der Waals surface area (Å²) < 4.78 is 12.6. The molecule has 0 aliphatic rings. The Morgan fingerprint density at radius 1 is 0.806 bits per heavy atom. The van der Waals surface area contributed by atoms with E-state index in [4.69, 9.17) is 9.16 Å². The molecule has 0 heterocycles. The van der Waals surface area contributed by atoms with Gasteiger partial charge in [-0.3, -0.25) is 4.79 Å². The number of carbonyl (C=O) groups is 2. The van der Waals surface area contributed by atoms with Gasteiger partial charge in [0.25, 0.3) is 8.32 Å². The van der Waals surface area contributed by atoms with Gasteiger partial charge >= 0.3 is 6.09 Å². The molecule has 0 radical (unpaired) electrons. The first kappa shape index (κ1) is 29.8. The first-order chi connectivity index (χ1) is 16.6. The van der Waals surface area contributed by atoms with Crippen molar-refractivity contribution in [2.45, 2.75) is 91.8 Å². The average molecular weight is 512 g/mol. The molecule has 198 valence electrons. The SMILES string of the molecule is CC(C)(C)OC(=O)N[C@@H](CCC(=O)C(C)(C)C)CO[Si](c1ccccc1)(c1ccccc1)C(C)(C)C. The second-order valence-electron chi connectivity index (χ2n) is 12.5. The molecule has 0 aliphatic carbocycles. The van der Waals surface area contributed by atoms with Gasteiger partial charge in [0, 0.05) is 11.8 Å². The highest BCUT2D eigenvalue weighted by Gasteiger charge is 2.50. The van der Waals surface area contributed by atoms with Crippen LogP contribution in [0, 0.1) is 5.41 Å². The van der Waals surface area contributed by atoms with Crippen LogP contribution in [0.25, 0.3) is 0 Å². The Bertz CT molecular complexity index is 946. The first-order valence-corrected chi connectivity index (χ1v) is 14.7. The fourth-order valence-electron chi connectivity index (χ4n) is 4.34. The maximum Gasteiger partial charge on any atom is 0.407 e. The molecule has 0 spiro atoms. The van der Waals surface area contributed by atoms with Crippen LogP contribution < -0.4 is 15.7 Å². The molecule has 0 saturated heterocycles. The van der Waals surface area contributed by atoms with Gasteiger partial charge in [-0.25, -0.2) is 4.79 Å². The number of ether oxygens (including phenoxy) is 1. The van der Waals surface area contributed by atoms with Crippen LogP contribution in [0.3, 0.4) is 0 Å². The van der Waals surface area contributed by atoms with E-state index < -0.39 is 25.4 Å². The second kappa shape index (κ2) is 11.7. The molecule has 0 bridgehead atoms. The minimum Gasteiger partial charge on any atom is -0.444 e. The molecule has 2 aromatic rings. The van der Waals surface area contributed by atoms with E-state index in [1.54, 1.807) is 0 Å². The van der Waals surface area contributed by atoms with Crippen LogP contribution in [-0.2, 0) is 14.0 Å². The third kappa shape index (κ3) is 8.03. The van der Waals surface area contributed by atoms with Gasteiger partial charge in [0.15, 0.2) is 0 Å². The molecule has 2 aromatic carbocycles. The van der Waals surface area contributed by atoms with Crippen molar-refractivity contribution in [2.24, 2.45) is 5.41 Å². The van der Waals surface area contributed by atoms with Crippen molar-refractivity contribution in [3.8, 4) is 0 Å². The van der Waals surface area contributed by atoms with Gasteiger partial charge in [-0.1, -0.05) is 102 Å². The van der Waals surface area contributed by atoms with Gasteiger partial charge in [0.1, 0.15) is 11.4 Å². The fourth-order valence-corrected chi connectivity index (χ4v) is 8.95. The largest absolute Gasteiger partial charge is 0.444 e. The number of amides is 1. The zero-order chi connectivity index (χ0) is 27.2. The molecule has 5 nitrogen and oxygen atoms in total. The van der Waals surface area contributed by atoms with Crippen LogP contribution in [0.5, 0.6) is 0 Å². The molecule has 2 rings (SSSR count). The third-order valence-electron chi connectivity index (χ3n) is 6.20. The molecular formula is C30H45NO4Si. The van der Waals surface area contributed by atoms with E-state index in [-0.39, 0.29) is 23.5 Å². The van der Waals surface area contributed by atoms with Gasteiger partial charge in [-0.15, -0.1) is 0 Å². The van der Waals surface area contributed by atoms with Crippen molar-refractivity contribution in [1.82, 2.24) is 5.32 Å². The topological polar surface area (TPSA) is 64.6 Å². The molecule has 0 fully saturated rings. The van der Waals surface area contributed by atoms with Crippen LogP contribution in [0.2, 0.25) is 5.04 Å². The number of ketones is 1. The summed E-state index contributed by atoms with van der Waals surface area (Å²) in [6, 6.07) is 20.4. The highest BCUT2D eigenvalue weighted by Crippen LogP contribution is 2.37. The maximum absolute atomic E-state index is 12.7. The quantitative estimate of drug-likeness (QED) is 0.429. The highest BCUT2D eigenvalue weighted by atomic mass is 28.4. The van der Waals surface area contributed by atoms with Crippen LogP contribution in [0.4, 0.5) is 4.79 Å². The number of benzene rings is 2. The molecular weight excluding hydrogens is 466 g/mol.